The van der Waals surface area contributed by atoms with E-state index in [9.17, 15) is 50.8 Å². The van der Waals surface area contributed by atoms with Gasteiger partial charge in [-0.1, -0.05) is 0 Å². The summed E-state index contributed by atoms with van der Waals surface area (Å²) in [6, 6.07) is 4.65. The maximum absolute atomic E-state index is 13.8. The van der Waals surface area contributed by atoms with Crippen LogP contribution in [0.5, 0.6) is 34.5 Å². The van der Waals surface area contributed by atoms with Crippen LogP contribution in [0.3, 0.4) is 0 Å². The molecule has 45 heavy (non-hydrogen) atoms. The molecule has 3 aromatic rings. The second-order valence-electron chi connectivity index (χ2n) is 10.3. The van der Waals surface area contributed by atoms with E-state index in [1.165, 1.54) is 13.2 Å². The Morgan fingerprint density at radius 1 is 0.778 bits per heavy atom. The maximum Gasteiger partial charge on any atom is 0.239 e. The SMILES string of the molecule is COc1c(O)cc2oc(-c3ccc(O)c(O)c3)c(OC)c(=O)c2c1O[C@@H]1O[C@H](CO[C@@H]2OC[C@@H](O)[C@H](O)[C@@H]2O)[C@@H](O)[C@H](O)[C@H]1O. The summed E-state index contributed by atoms with van der Waals surface area (Å²) in [5.41, 5.74) is -1.00. The molecule has 0 unspecified atom stereocenters. The number of aliphatic hydroxyl groups is 6. The van der Waals surface area contributed by atoms with E-state index < -0.39 is 96.1 Å². The first-order valence-electron chi connectivity index (χ1n) is 13.5. The van der Waals surface area contributed by atoms with Crippen LogP contribution in [0.25, 0.3) is 22.3 Å². The normalized spacial score (nSPS) is 30.3. The smallest absolute Gasteiger partial charge is 0.239 e. The molecule has 0 amide bonds. The first-order valence-corrected chi connectivity index (χ1v) is 13.5. The fourth-order valence-corrected chi connectivity index (χ4v) is 5.01. The standard InChI is InChI=1S/C28H32O17/c1-39-24-12(31)6-14-16(19(35)26(40-2)23(43-14)9-3-4-10(29)11(30)5-9)25(24)45-28-22(38)20(36)18(34)15(44-28)8-42-27-21(37)17(33)13(32)7-41-27/h3-6,13,15,17-18,20-22,27-34,36-38H,7-8H2,1-2H3/t13-,15-,17+,18-,20+,21+,22-,27+,28+/m1/s1. The first-order chi connectivity index (χ1) is 21.4. The number of ether oxygens (including phenoxy) is 6. The third-order valence-electron chi connectivity index (χ3n) is 7.46. The molecule has 2 aliphatic rings. The molecule has 2 saturated heterocycles. The molecule has 1 aromatic heterocycles. The highest BCUT2D eigenvalue weighted by molar-refractivity contribution is 5.91. The molecular weight excluding hydrogens is 608 g/mol. The fraction of sp³-hybridized carbons (Fsp3) is 0.464. The predicted molar refractivity (Wildman–Crippen MR) is 147 cm³/mol. The molecule has 9 atom stereocenters. The lowest BCUT2D eigenvalue weighted by Crippen LogP contribution is -2.61. The zero-order chi connectivity index (χ0) is 32.7. The van der Waals surface area contributed by atoms with E-state index in [-0.39, 0.29) is 34.6 Å². The van der Waals surface area contributed by atoms with Gasteiger partial charge in [-0.2, -0.15) is 0 Å². The van der Waals surface area contributed by atoms with E-state index in [1.807, 2.05) is 0 Å². The lowest BCUT2D eigenvalue weighted by atomic mass is 9.99. The highest BCUT2D eigenvalue weighted by Crippen LogP contribution is 2.45. The van der Waals surface area contributed by atoms with Gasteiger partial charge in [0.25, 0.3) is 0 Å². The Morgan fingerprint density at radius 3 is 2.13 bits per heavy atom. The average molecular weight is 641 g/mol. The van der Waals surface area contributed by atoms with Gasteiger partial charge in [-0.15, -0.1) is 0 Å². The molecule has 0 bridgehead atoms. The molecule has 3 heterocycles. The minimum absolute atomic E-state index is 0.124. The third-order valence-corrected chi connectivity index (χ3v) is 7.46. The molecule has 246 valence electrons. The summed E-state index contributed by atoms with van der Waals surface area (Å²) in [6.45, 7) is -0.942. The Balaban J connectivity index is 1.50. The number of phenols is 3. The van der Waals surface area contributed by atoms with Crippen molar-refractivity contribution in [3.8, 4) is 45.8 Å². The highest BCUT2D eigenvalue weighted by atomic mass is 16.7. The summed E-state index contributed by atoms with van der Waals surface area (Å²) in [4.78, 5) is 13.8. The van der Waals surface area contributed by atoms with Crippen molar-refractivity contribution in [3.63, 3.8) is 0 Å². The molecule has 0 saturated carbocycles. The van der Waals surface area contributed by atoms with Crippen molar-refractivity contribution < 1.29 is 78.8 Å². The molecule has 2 aliphatic heterocycles. The van der Waals surface area contributed by atoms with Crippen LogP contribution in [0.4, 0.5) is 0 Å². The Bertz CT molecular complexity index is 1590. The van der Waals surface area contributed by atoms with E-state index in [0.717, 1.165) is 25.3 Å². The van der Waals surface area contributed by atoms with Crippen molar-refractivity contribution in [2.45, 2.75) is 55.3 Å². The Labute approximate surface area is 253 Å². The molecule has 17 nitrogen and oxygen atoms in total. The van der Waals surface area contributed by atoms with E-state index in [4.69, 9.17) is 32.8 Å². The summed E-state index contributed by atoms with van der Waals surface area (Å²) in [5, 5.41) is 91.5. The van der Waals surface area contributed by atoms with Gasteiger partial charge in [-0.25, -0.2) is 0 Å². The molecule has 2 aromatic carbocycles. The van der Waals surface area contributed by atoms with E-state index in [1.54, 1.807) is 0 Å². The minimum Gasteiger partial charge on any atom is -0.504 e. The van der Waals surface area contributed by atoms with Crippen LogP contribution in [-0.4, -0.2) is 129 Å². The maximum atomic E-state index is 13.8. The van der Waals surface area contributed by atoms with Gasteiger partial charge in [0, 0.05) is 11.6 Å². The van der Waals surface area contributed by atoms with Crippen molar-refractivity contribution >= 4 is 11.0 Å². The summed E-state index contributed by atoms with van der Waals surface area (Å²) < 4.78 is 38.4. The van der Waals surface area contributed by atoms with Crippen molar-refractivity contribution in [2.75, 3.05) is 27.4 Å². The van der Waals surface area contributed by atoms with Crippen LogP contribution in [0.15, 0.2) is 33.5 Å². The van der Waals surface area contributed by atoms with Crippen LogP contribution in [0.2, 0.25) is 0 Å². The molecule has 0 spiro atoms. The van der Waals surface area contributed by atoms with E-state index >= 15 is 0 Å². The van der Waals surface area contributed by atoms with Crippen LogP contribution in [-0.2, 0) is 14.2 Å². The average Bonchev–Trinajstić information content (AvgIpc) is 3.01. The van der Waals surface area contributed by atoms with Gasteiger partial charge < -0.3 is 78.8 Å². The fourth-order valence-electron chi connectivity index (χ4n) is 5.01. The van der Waals surface area contributed by atoms with Gasteiger partial charge in [0.1, 0.15) is 53.7 Å². The molecule has 0 aliphatic carbocycles. The number of rotatable bonds is 8. The predicted octanol–water partition coefficient (Wildman–Crippen LogP) is -1.76. The molecule has 5 rings (SSSR count). The number of aliphatic hydroxyl groups excluding tert-OH is 6. The first kappa shape index (κ1) is 32.5. The zero-order valence-electron chi connectivity index (χ0n) is 23.7. The van der Waals surface area contributed by atoms with Crippen LogP contribution in [0, 0.1) is 0 Å². The van der Waals surface area contributed by atoms with Gasteiger partial charge >= 0.3 is 0 Å². The van der Waals surface area contributed by atoms with Crippen molar-refractivity contribution in [1.82, 2.24) is 0 Å². The molecular formula is C28H32O17. The van der Waals surface area contributed by atoms with Crippen LogP contribution >= 0.6 is 0 Å². The number of hydrogen-bond acceptors (Lipinski definition) is 17. The van der Waals surface area contributed by atoms with Crippen molar-refractivity contribution in [1.29, 1.82) is 0 Å². The highest BCUT2D eigenvalue weighted by Gasteiger charge is 2.47. The van der Waals surface area contributed by atoms with Gasteiger partial charge in [-0.05, 0) is 18.2 Å². The second-order valence-corrected chi connectivity index (χ2v) is 10.3. The van der Waals surface area contributed by atoms with Gasteiger partial charge in [0.2, 0.25) is 23.2 Å². The Morgan fingerprint density at radius 2 is 1.47 bits per heavy atom. The van der Waals surface area contributed by atoms with Gasteiger partial charge in [-0.3, -0.25) is 4.79 Å². The lowest BCUT2D eigenvalue weighted by molar-refractivity contribution is -0.307. The van der Waals surface area contributed by atoms with Gasteiger partial charge in [0.05, 0.1) is 27.4 Å². The van der Waals surface area contributed by atoms with Crippen LogP contribution in [0.1, 0.15) is 0 Å². The molecule has 9 N–H and O–H groups in total. The quantitative estimate of drug-likeness (QED) is 0.123. The Hall–Kier alpha value is -3.91. The third kappa shape index (κ3) is 5.92. The van der Waals surface area contributed by atoms with Crippen molar-refractivity contribution in [2.24, 2.45) is 0 Å². The monoisotopic (exact) mass is 640 g/mol. The summed E-state index contributed by atoms with van der Waals surface area (Å²) in [6.07, 6.45) is -14.9. The minimum atomic E-state index is -1.93. The summed E-state index contributed by atoms with van der Waals surface area (Å²) >= 11 is 0. The number of benzene rings is 2. The molecule has 17 heteroatoms. The second kappa shape index (κ2) is 12.8. The largest absolute Gasteiger partial charge is 0.504 e. The number of aromatic hydroxyl groups is 3. The van der Waals surface area contributed by atoms with E-state index in [2.05, 4.69) is 0 Å². The number of phenolic OH excluding ortho intramolecular Hbond substituents is 3. The van der Waals surface area contributed by atoms with Crippen LogP contribution < -0.4 is 19.6 Å². The summed E-state index contributed by atoms with van der Waals surface area (Å²) in [7, 11) is 2.32. The summed E-state index contributed by atoms with van der Waals surface area (Å²) in [5.74, 6) is -2.99. The topological polar surface area (TPSA) is 268 Å². The Kier molecular flexibility index (Phi) is 9.26. The number of methoxy groups -OCH3 is 2. The number of hydrogen-bond donors (Lipinski definition) is 9. The molecule has 0 radical (unpaired) electrons. The van der Waals surface area contributed by atoms with E-state index in [0.29, 0.717) is 0 Å². The lowest BCUT2D eigenvalue weighted by Gasteiger charge is -2.41. The number of fused-ring (bicyclic) bond motifs is 1. The van der Waals surface area contributed by atoms with Gasteiger partial charge in [0.15, 0.2) is 35.0 Å². The molecule has 2 fully saturated rings. The zero-order valence-corrected chi connectivity index (χ0v) is 23.7. The van der Waals surface area contributed by atoms with Crippen molar-refractivity contribution in [3.05, 3.63) is 34.5 Å².